The third-order valence-corrected chi connectivity index (χ3v) is 3.43. The van der Waals surface area contributed by atoms with Crippen LogP contribution in [-0.2, 0) is 16.0 Å². The number of aliphatic carboxylic acids is 1. The van der Waals surface area contributed by atoms with E-state index in [9.17, 15) is 9.59 Å². The Labute approximate surface area is 125 Å². The molecule has 1 aromatic rings. The van der Waals surface area contributed by atoms with E-state index in [2.05, 4.69) is 5.32 Å². The molecule has 1 amide bonds. The molecule has 5 nitrogen and oxygen atoms in total. The van der Waals surface area contributed by atoms with Crippen LogP contribution in [-0.4, -0.2) is 23.5 Å². The summed E-state index contributed by atoms with van der Waals surface area (Å²) in [6.07, 6.45) is 2.79. The average Bonchev–Trinajstić information content (AvgIpc) is 2.44. The predicted molar refractivity (Wildman–Crippen MR) is 82.8 cm³/mol. The first-order chi connectivity index (χ1) is 9.97. The van der Waals surface area contributed by atoms with Gasteiger partial charge in [-0.05, 0) is 42.9 Å². The normalized spacial score (nSPS) is 11.9. The lowest BCUT2D eigenvalue weighted by atomic mass is 10.0. The van der Waals surface area contributed by atoms with Crippen molar-refractivity contribution < 1.29 is 14.7 Å². The quantitative estimate of drug-likeness (QED) is 0.608. The summed E-state index contributed by atoms with van der Waals surface area (Å²) in [5.41, 5.74) is 7.42. The highest BCUT2D eigenvalue weighted by molar-refractivity contribution is 5.76. The van der Waals surface area contributed by atoms with E-state index in [4.69, 9.17) is 10.8 Å². The third-order valence-electron chi connectivity index (χ3n) is 3.43. The Morgan fingerprint density at radius 3 is 2.48 bits per heavy atom. The van der Waals surface area contributed by atoms with Crippen molar-refractivity contribution in [2.45, 2.75) is 39.0 Å². The van der Waals surface area contributed by atoms with Crippen LogP contribution in [0.25, 0.3) is 0 Å². The number of nitrogens with one attached hydrogen (secondary N) is 1. The molecule has 0 heterocycles. The summed E-state index contributed by atoms with van der Waals surface area (Å²) in [6, 6.07) is 7.52. The first kappa shape index (κ1) is 17.0. The SMILES string of the molecule is CC(CCNC(=O)CCc1ccc(N)cc1)CCC(=O)O. The number of aryl methyl sites for hydroxylation is 1. The molecule has 0 bridgehead atoms. The zero-order valence-corrected chi connectivity index (χ0v) is 12.5. The maximum absolute atomic E-state index is 11.7. The fraction of sp³-hybridized carbons (Fsp3) is 0.500. The molecule has 0 radical (unpaired) electrons. The van der Waals surface area contributed by atoms with Crippen molar-refractivity contribution >= 4 is 17.6 Å². The molecular weight excluding hydrogens is 268 g/mol. The highest BCUT2D eigenvalue weighted by Gasteiger charge is 2.07. The second-order valence-corrected chi connectivity index (χ2v) is 5.42. The van der Waals surface area contributed by atoms with Crippen LogP contribution in [0.1, 0.15) is 38.2 Å². The standard InChI is InChI=1S/C16H24N2O3/c1-12(2-9-16(20)21)10-11-18-15(19)8-5-13-3-6-14(17)7-4-13/h3-4,6-7,12H,2,5,8-11,17H2,1H3,(H,18,19)(H,20,21). The topological polar surface area (TPSA) is 92.4 Å². The largest absolute Gasteiger partial charge is 0.481 e. The third kappa shape index (κ3) is 7.97. The minimum atomic E-state index is -0.769. The number of hydrogen-bond acceptors (Lipinski definition) is 3. The lowest BCUT2D eigenvalue weighted by Gasteiger charge is -2.10. The lowest BCUT2D eigenvalue weighted by Crippen LogP contribution is -2.25. The molecule has 0 saturated heterocycles. The summed E-state index contributed by atoms with van der Waals surface area (Å²) in [6.45, 7) is 2.60. The molecule has 0 fully saturated rings. The minimum absolute atomic E-state index is 0.0252. The number of nitrogen functional groups attached to an aromatic ring is 1. The lowest BCUT2D eigenvalue weighted by molar-refractivity contribution is -0.137. The minimum Gasteiger partial charge on any atom is -0.481 e. The Morgan fingerprint density at radius 2 is 1.86 bits per heavy atom. The molecule has 0 saturated carbocycles. The summed E-state index contributed by atoms with van der Waals surface area (Å²) in [5, 5.41) is 11.5. The van der Waals surface area contributed by atoms with Crippen LogP contribution in [0.15, 0.2) is 24.3 Å². The Morgan fingerprint density at radius 1 is 1.19 bits per heavy atom. The molecule has 0 spiro atoms. The number of hydrogen-bond donors (Lipinski definition) is 3. The van der Waals surface area contributed by atoms with E-state index < -0.39 is 5.97 Å². The van der Waals surface area contributed by atoms with Crippen molar-refractivity contribution in [1.82, 2.24) is 5.32 Å². The number of rotatable bonds is 9. The van der Waals surface area contributed by atoms with Gasteiger partial charge in [-0.15, -0.1) is 0 Å². The van der Waals surface area contributed by atoms with E-state index in [0.29, 0.717) is 31.7 Å². The zero-order valence-electron chi connectivity index (χ0n) is 12.5. The van der Waals surface area contributed by atoms with E-state index in [1.165, 1.54) is 0 Å². The first-order valence-corrected chi connectivity index (χ1v) is 7.30. The van der Waals surface area contributed by atoms with Crippen LogP contribution < -0.4 is 11.1 Å². The summed E-state index contributed by atoms with van der Waals surface area (Å²) >= 11 is 0. The molecule has 1 rings (SSSR count). The first-order valence-electron chi connectivity index (χ1n) is 7.30. The van der Waals surface area contributed by atoms with Crippen LogP contribution >= 0.6 is 0 Å². The van der Waals surface area contributed by atoms with Gasteiger partial charge in [-0.3, -0.25) is 9.59 Å². The second kappa shape index (κ2) is 9.00. The summed E-state index contributed by atoms with van der Waals surface area (Å²) in [4.78, 5) is 22.2. The van der Waals surface area contributed by atoms with Crippen molar-refractivity contribution in [1.29, 1.82) is 0 Å². The van der Waals surface area contributed by atoms with Crippen LogP contribution in [0.2, 0.25) is 0 Å². The number of nitrogens with two attached hydrogens (primary N) is 1. The Hall–Kier alpha value is -2.04. The molecule has 116 valence electrons. The second-order valence-electron chi connectivity index (χ2n) is 5.42. The van der Waals surface area contributed by atoms with Crippen LogP contribution in [0.5, 0.6) is 0 Å². The van der Waals surface area contributed by atoms with Crippen molar-refractivity contribution in [3.8, 4) is 0 Å². The molecule has 0 aliphatic heterocycles. The Kier molecular flexibility index (Phi) is 7.29. The maximum Gasteiger partial charge on any atom is 0.303 e. The number of anilines is 1. The van der Waals surface area contributed by atoms with Crippen molar-refractivity contribution in [2.24, 2.45) is 5.92 Å². The summed E-state index contributed by atoms with van der Waals surface area (Å²) in [5.74, 6) is -0.440. The molecule has 1 unspecified atom stereocenters. The van der Waals surface area contributed by atoms with Crippen molar-refractivity contribution in [2.75, 3.05) is 12.3 Å². The molecule has 0 aliphatic carbocycles. The van der Waals surface area contributed by atoms with Gasteiger partial charge in [0.1, 0.15) is 0 Å². The van der Waals surface area contributed by atoms with Gasteiger partial charge in [0.2, 0.25) is 5.91 Å². The van der Waals surface area contributed by atoms with Crippen LogP contribution in [0.4, 0.5) is 5.69 Å². The molecule has 1 atom stereocenters. The van der Waals surface area contributed by atoms with Gasteiger partial charge in [-0.2, -0.15) is 0 Å². The molecule has 4 N–H and O–H groups in total. The van der Waals surface area contributed by atoms with Crippen molar-refractivity contribution in [3.05, 3.63) is 29.8 Å². The predicted octanol–water partition coefficient (Wildman–Crippen LogP) is 2.21. The highest BCUT2D eigenvalue weighted by Crippen LogP contribution is 2.10. The number of carboxylic acids is 1. The van der Waals surface area contributed by atoms with Gasteiger partial charge < -0.3 is 16.2 Å². The maximum atomic E-state index is 11.7. The summed E-state index contributed by atoms with van der Waals surface area (Å²) in [7, 11) is 0. The number of carbonyl (C=O) groups excluding carboxylic acids is 1. The number of amides is 1. The molecule has 0 aromatic heterocycles. The van der Waals surface area contributed by atoms with Gasteiger partial charge in [0, 0.05) is 25.1 Å². The molecule has 0 aliphatic rings. The monoisotopic (exact) mass is 292 g/mol. The Bertz CT molecular complexity index is 457. The fourth-order valence-corrected chi connectivity index (χ4v) is 2.00. The van der Waals surface area contributed by atoms with E-state index in [-0.39, 0.29) is 12.3 Å². The van der Waals surface area contributed by atoms with Gasteiger partial charge in [0.15, 0.2) is 0 Å². The number of carboxylic acid groups (broad SMARTS) is 1. The highest BCUT2D eigenvalue weighted by atomic mass is 16.4. The Balaban J connectivity index is 2.13. The van der Waals surface area contributed by atoms with Crippen LogP contribution in [0, 0.1) is 5.92 Å². The van der Waals surface area contributed by atoms with E-state index >= 15 is 0 Å². The van der Waals surface area contributed by atoms with Crippen LogP contribution in [0.3, 0.4) is 0 Å². The molecule has 5 heteroatoms. The van der Waals surface area contributed by atoms with Gasteiger partial charge in [0.25, 0.3) is 0 Å². The van der Waals surface area contributed by atoms with Gasteiger partial charge in [0.05, 0.1) is 0 Å². The van der Waals surface area contributed by atoms with E-state index in [0.717, 1.165) is 17.7 Å². The summed E-state index contributed by atoms with van der Waals surface area (Å²) < 4.78 is 0. The molecule has 21 heavy (non-hydrogen) atoms. The fourth-order valence-electron chi connectivity index (χ4n) is 2.00. The smallest absolute Gasteiger partial charge is 0.303 e. The van der Waals surface area contributed by atoms with E-state index in [1.54, 1.807) is 0 Å². The number of benzene rings is 1. The van der Waals surface area contributed by atoms with Gasteiger partial charge >= 0.3 is 5.97 Å². The molecular formula is C16H24N2O3. The van der Waals surface area contributed by atoms with Gasteiger partial charge in [-0.1, -0.05) is 19.1 Å². The zero-order chi connectivity index (χ0) is 15.7. The average molecular weight is 292 g/mol. The van der Waals surface area contributed by atoms with E-state index in [1.807, 2.05) is 31.2 Å². The molecule has 1 aromatic carbocycles. The number of carbonyl (C=O) groups is 2. The van der Waals surface area contributed by atoms with Crippen molar-refractivity contribution in [3.63, 3.8) is 0 Å². The van der Waals surface area contributed by atoms with Gasteiger partial charge in [-0.25, -0.2) is 0 Å².